The number of aromatic nitrogens is 4. The maximum Gasteiger partial charge on any atom is 0.279 e. The lowest BCUT2D eigenvalue weighted by Crippen LogP contribution is -2.25. The highest BCUT2D eigenvalue weighted by Crippen LogP contribution is 2.19. The minimum atomic E-state index is -0.641. The largest absolute Gasteiger partial charge is 0.505 e. The molecule has 0 fully saturated rings. The van der Waals surface area contributed by atoms with Gasteiger partial charge in [0.1, 0.15) is 0 Å². The van der Waals surface area contributed by atoms with E-state index in [1.165, 1.54) is 0 Å². The zero-order valence-electron chi connectivity index (χ0n) is 13.7. The number of hydrogen-bond donors (Lipinski definition) is 3. The van der Waals surface area contributed by atoms with Gasteiger partial charge in [0.15, 0.2) is 11.4 Å². The van der Waals surface area contributed by atoms with E-state index >= 15 is 0 Å². The number of nitrogens with zero attached hydrogens (tertiary/aromatic N) is 3. The summed E-state index contributed by atoms with van der Waals surface area (Å²) in [5, 5.41) is 24.4. The fourth-order valence-corrected chi connectivity index (χ4v) is 2.85. The van der Waals surface area contributed by atoms with Crippen molar-refractivity contribution in [3.8, 4) is 11.4 Å². The van der Waals surface area contributed by atoms with Crippen LogP contribution in [-0.4, -0.2) is 31.0 Å². The average molecular weight is 426 g/mol. The van der Waals surface area contributed by atoms with Gasteiger partial charge in [0.05, 0.1) is 17.4 Å². The molecule has 2 aromatic carbocycles. The second-order valence-electron chi connectivity index (χ2n) is 5.73. The topological polar surface area (TPSA) is 113 Å². The van der Waals surface area contributed by atoms with Crippen molar-refractivity contribution in [2.24, 2.45) is 0 Å². The number of amides is 1. The number of rotatable bonds is 3. The van der Waals surface area contributed by atoms with E-state index in [1.54, 1.807) is 48.7 Å². The highest BCUT2D eigenvalue weighted by molar-refractivity contribution is 9.10. The summed E-state index contributed by atoms with van der Waals surface area (Å²) in [5.74, 6) is -1.13. The Morgan fingerprint density at radius 2 is 1.93 bits per heavy atom. The Morgan fingerprint density at radius 1 is 1.15 bits per heavy atom. The van der Waals surface area contributed by atoms with Gasteiger partial charge in [-0.05, 0) is 42.5 Å². The molecule has 27 heavy (non-hydrogen) atoms. The van der Waals surface area contributed by atoms with Crippen LogP contribution in [0.4, 0.5) is 5.69 Å². The van der Waals surface area contributed by atoms with Crippen LogP contribution in [0.3, 0.4) is 0 Å². The van der Waals surface area contributed by atoms with Crippen LogP contribution in [0.1, 0.15) is 10.5 Å². The van der Waals surface area contributed by atoms with Crippen molar-refractivity contribution in [2.75, 3.05) is 5.32 Å². The summed E-state index contributed by atoms with van der Waals surface area (Å²) < 4.78 is 1.89. The highest BCUT2D eigenvalue weighted by atomic mass is 79.9. The number of aromatic amines is 1. The van der Waals surface area contributed by atoms with E-state index < -0.39 is 17.2 Å². The molecular weight excluding hydrogens is 414 g/mol. The van der Waals surface area contributed by atoms with E-state index in [4.69, 9.17) is 0 Å². The monoisotopic (exact) mass is 425 g/mol. The van der Waals surface area contributed by atoms with E-state index in [-0.39, 0.29) is 5.69 Å². The van der Waals surface area contributed by atoms with Crippen molar-refractivity contribution in [3.63, 3.8) is 0 Å². The van der Waals surface area contributed by atoms with E-state index in [0.29, 0.717) is 11.4 Å². The zero-order valence-corrected chi connectivity index (χ0v) is 15.3. The molecule has 9 heteroatoms. The van der Waals surface area contributed by atoms with Crippen LogP contribution in [0.15, 0.2) is 64.0 Å². The first kappa shape index (κ1) is 17.0. The smallest absolute Gasteiger partial charge is 0.279 e. The number of aromatic hydroxyl groups is 1. The van der Waals surface area contributed by atoms with Gasteiger partial charge in [0.25, 0.3) is 11.5 Å². The molecule has 0 aliphatic carbocycles. The number of halogens is 1. The van der Waals surface area contributed by atoms with E-state index in [9.17, 15) is 14.7 Å². The zero-order chi connectivity index (χ0) is 19.0. The van der Waals surface area contributed by atoms with Gasteiger partial charge in [-0.3, -0.25) is 14.7 Å². The normalized spacial score (nSPS) is 10.9. The molecule has 0 unspecified atom stereocenters. The molecular formula is C18H12BrN5O3. The molecule has 2 aromatic heterocycles. The van der Waals surface area contributed by atoms with Crippen molar-refractivity contribution in [3.05, 3.63) is 75.2 Å². The minimum absolute atomic E-state index is 0.262. The molecule has 0 atom stereocenters. The third-order valence-corrected chi connectivity index (χ3v) is 4.43. The molecule has 8 nitrogen and oxygen atoms in total. The van der Waals surface area contributed by atoms with Crippen LogP contribution in [-0.2, 0) is 0 Å². The van der Waals surface area contributed by atoms with Gasteiger partial charge in [-0.25, -0.2) is 0 Å². The van der Waals surface area contributed by atoms with Gasteiger partial charge in [0.2, 0.25) is 0 Å². The van der Waals surface area contributed by atoms with Crippen molar-refractivity contribution in [2.45, 2.75) is 0 Å². The summed E-state index contributed by atoms with van der Waals surface area (Å²) in [6.07, 6.45) is 1.67. The number of benzene rings is 2. The SMILES string of the molecule is O=C(Nc1ccc2cn[nH]c2c1)c1nn(-c2ccc(Br)cc2)c(=O)cc1O. The Morgan fingerprint density at radius 3 is 2.70 bits per heavy atom. The molecule has 0 aliphatic rings. The molecule has 0 aliphatic heterocycles. The minimum Gasteiger partial charge on any atom is -0.505 e. The second-order valence-corrected chi connectivity index (χ2v) is 6.65. The molecule has 0 bridgehead atoms. The molecule has 0 saturated heterocycles. The predicted octanol–water partition coefficient (Wildman–Crippen LogP) is 2.83. The molecule has 0 radical (unpaired) electrons. The summed E-state index contributed by atoms with van der Waals surface area (Å²) in [6.45, 7) is 0. The number of H-pyrrole nitrogens is 1. The van der Waals surface area contributed by atoms with Crippen molar-refractivity contribution < 1.29 is 9.90 Å². The Hall–Kier alpha value is -3.46. The Labute approximate surface area is 160 Å². The molecule has 2 heterocycles. The third kappa shape index (κ3) is 3.32. The molecule has 4 rings (SSSR count). The first-order valence-electron chi connectivity index (χ1n) is 7.85. The number of nitrogens with one attached hydrogen (secondary N) is 2. The first-order valence-corrected chi connectivity index (χ1v) is 8.64. The maximum absolute atomic E-state index is 12.6. The van der Waals surface area contributed by atoms with Crippen LogP contribution in [0, 0.1) is 0 Å². The molecule has 134 valence electrons. The van der Waals surface area contributed by atoms with Crippen LogP contribution in [0.25, 0.3) is 16.6 Å². The van der Waals surface area contributed by atoms with Gasteiger partial charge in [-0.15, -0.1) is 0 Å². The Kier molecular flexibility index (Phi) is 4.21. The van der Waals surface area contributed by atoms with Crippen molar-refractivity contribution >= 4 is 38.4 Å². The number of fused-ring (bicyclic) bond motifs is 1. The molecule has 3 N–H and O–H groups in total. The average Bonchev–Trinajstić information content (AvgIpc) is 3.10. The van der Waals surface area contributed by atoms with Crippen molar-refractivity contribution in [1.82, 2.24) is 20.0 Å². The number of carbonyl (C=O) groups is 1. The number of carbonyl (C=O) groups excluding carboxylic acids is 1. The summed E-state index contributed by atoms with van der Waals surface area (Å²) >= 11 is 3.32. The van der Waals surface area contributed by atoms with Gasteiger partial charge in [0, 0.05) is 21.6 Å². The summed E-state index contributed by atoms with van der Waals surface area (Å²) in [5.41, 5.74) is 0.910. The van der Waals surface area contributed by atoms with Crippen LogP contribution < -0.4 is 10.9 Å². The Balaban J connectivity index is 1.69. The lowest BCUT2D eigenvalue weighted by atomic mass is 10.2. The number of anilines is 1. The summed E-state index contributed by atoms with van der Waals surface area (Å²) in [6, 6.07) is 13.0. The lowest BCUT2D eigenvalue weighted by molar-refractivity contribution is 0.101. The molecule has 0 saturated carbocycles. The van der Waals surface area contributed by atoms with Crippen molar-refractivity contribution in [1.29, 1.82) is 0 Å². The summed E-state index contributed by atoms with van der Waals surface area (Å²) in [4.78, 5) is 24.7. The van der Waals surface area contributed by atoms with Gasteiger partial charge in [-0.1, -0.05) is 15.9 Å². The quantitative estimate of drug-likeness (QED) is 0.467. The predicted molar refractivity (Wildman–Crippen MR) is 103 cm³/mol. The van der Waals surface area contributed by atoms with Gasteiger partial charge >= 0.3 is 0 Å². The lowest BCUT2D eigenvalue weighted by Gasteiger charge is -2.09. The van der Waals surface area contributed by atoms with E-state index in [2.05, 4.69) is 36.5 Å². The fourth-order valence-electron chi connectivity index (χ4n) is 2.58. The fraction of sp³-hybridized carbons (Fsp3) is 0. The Bertz CT molecular complexity index is 1210. The highest BCUT2D eigenvalue weighted by Gasteiger charge is 2.17. The van der Waals surface area contributed by atoms with E-state index in [1.807, 2.05) is 0 Å². The third-order valence-electron chi connectivity index (χ3n) is 3.90. The molecule has 4 aromatic rings. The van der Waals surface area contributed by atoms with Crippen LogP contribution in [0.2, 0.25) is 0 Å². The first-order chi connectivity index (χ1) is 13.0. The van der Waals surface area contributed by atoms with Gasteiger partial charge < -0.3 is 10.4 Å². The number of hydrogen-bond acceptors (Lipinski definition) is 5. The van der Waals surface area contributed by atoms with E-state index in [0.717, 1.165) is 26.1 Å². The maximum atomic E-state index is 12.6. The molecule has 1 amide bonds. The standard InChI is InChI=1S/C18H12BrN5O3/c19-11-2-5-13(6-3-11)24-16(26)8-15(25)17(23-24)18(27)21-12-4-1-10-9-20-22-14(10)7-12/h1-9,25H,(H,20,22)(H,21,27). The van der Waals surface area contributed by atoms with Crippen LogP contribution >= 0.6 is 15.9 Å². The summed E-state index contributed by atoms with van der Waals surface area (Å²) in [7, 11) is 0. The molecule has 0 spiro atoms. The van der Waals surface area contributed by atoms with Gasteiger partial charge in [-0.2, -0.15) is 14.9 Å². The van der Waals surface area contributed by atoms with Crippen LogP contribution in [0.5, 0.6) is 5.75 Å². The second kappa shape index (κ2) is 6.69.